The van der Waals surface area contributed by atoms with Gasteiger partial charge in [0.2, 0.25) is 5.50 Å². The second-order valence-electron chi connectivity index (χ2n) is 6.11. The van der Waals surface area contributed by atoms with Crippen LogP contribution in [0.25, 0.3) is 0 Å². The Labute approximate surface area is 163 Å². The summed E-state index contributed by atoms with van der Waals surface area (Å²) in [5.41, 5.74) is -1.56. The molecule has 0 unspecified atom stereocenters. The van der Waals surface area contributed by atoms with Gasteiger partial charge in [-0.15, -0.1) is 0 Å². The first-order valence-electron chi connectivity index (χ1n) is 8.26. The van der Waals surface area contributed by atoms with Crippen molar-refractivity contribution in [2.75, 3.05) is 0 Å². The first kappa shape index (κ1) is 20.2. The van der Waals surface area contributed by atoms with Gasteiger partial charge in [0, 0.05) is 5.56 Å². The molecule has 0 fully saturated rings. The summed E-state index contributed by atoms with van der Waals surface area (Å²) in [6.45, 7) is 1.78. The number of benzene rings is 3. The predicted octanol–water partition coefficient (Wildman–Crippen LogP) is 5.02. The van der Waals surface area contributed by atoms with Crippen molar-refractivity contribution in [3.05, 3.63) is 95.8 Å². The number of hydrogen-bond donors (Lipinski definition) is 0. The SMILES string of the molecule is Cc1ccc(S(=O)(=O)N=[S@](=O)(c2ccccc2)[C@@H](F)c2ccc(F)cc2)cc1. The minimum absolute atomic E-state index is 0.0671. The van der Waals surface area contributed by atoms with Crippen molar-refractivity contribution in [2.45, 2.75) is 22.2 Å². The summed E-state index contributed by atoms with van der Waals surface area (Å²) in [6, 6.07) is 17.4. The van der Waals surface area contributed by atoms with Crippen LogP contribution in [0, 0.1) is 12.7 Å². The van der Waals surface area contributed by atoms with Gasteiger partial charge in [0.25, 0.3) is 10.0 Å². The Bertz CT molecular complexity index is 1180. The monoisotopic (exact) mass is 421 g/mol. The lowest BCUT2D eigenvalue weighted by molar-refractivity contribution is 0.449. The maximum Gasteiger partial charge on any atom is 0.290 e. The largest absolute Gasteiger partial charge is 0.290 e. The smallest absolute Gasteiger partial charge is 0.240 e. The van der Waals surface area contributed by atoms with Crippen LogP contribution in [0.5, 0.6) is 0 Å². The number of nitrogens with zero attached hydrogens (tertiary/aromatic N) is 1. The highest BCUT2D eigenvalue weighted by Crippen LogP contribution is 2.34. The summed E-state index contributed by atoms with van der Waals surface area (Å²) >= 11 is 0. The maximum atomic E-state index is 15.4. The molecule has 0 saturated carbocycles. The highest BCUT2D eigenvalue weighted by atomic mass is 32.3. The van der Waals surface area contributed by atoms with Crippen LogP contribution >= 0.6 is 0 Å². The van der Waals surface area contributed by atoms with Crippen LogP contribution in [-0.4, -0.2) is 12.6 Å². The molecule has 3 rings (SSSR count). The Hall–Kier alpha value is -2.58. The van der Waals surface area contributed by atoms with E-state index in [1.807, 2.05) is 0 Å². The van der Waals surface area contributed by atoms with Gasteiger partial charge in [-0.05, 0) is 43.3 Å². The molecule has 0 aliphatic rings. The zero-order valence-electron chi connectivity index (χ0n) is 14.8. The fourth-order valence-electron chi connectivity index (χ4n) is 2.51. The topological polar surface area (TPSA) is 63.6 Å². The second kappa shape index (κ2) is 7.81. The summed E-state index contributed by atoms with van der Waals surface area (Å²) in [6.07, 6.45) is 0. The molecule has 0 aliphatic heterocycles. The highest BCUT2D eigenvalue weighted by molar-refractivity contribution is 8.03. The van der Waals surface area contributed by atoms with E-state index in [1.165, 1.54) is 36.4 Å². The molecule has 4 nitrogen and oxygen atoms in total. The summed E-state index contributed by atoms with van der Waals surface area (Å²) in [4.78, 5) is -0.254. The Balaban J connectivity index is 2.22. The van der Waals surface area contributed by atoms with Gasteiger partial charge in [0.05, 0.1) is 9.79 Å². The van der Waals surface area contributed by atoms with Crippen LogP contribution in [0.4, 0.5) is 8.78 Å². The minimum atomic E-state index is -4.41. The lowest BCUT2D eigenvalue weighted by atomic mass is 10.2. The normalized spacial score (nSPS) is 14.8. The van der Waals surface area contributed by atoms with E-state index in [1.54, 1.807) is 25.1 Å². The Morgan fingerprint density at radius 2 is 1.36 bits per heavy atom. The molecule has 3 aromatic carbocycles. The summed E-state index contributed by atoms with van der Waals surface area (Å²) < 4.78 is 71.2. The number of halogens is 2. The van der Waals surface area contributed by atoms with E-state index in [2.05, 4.69) is 3.77 Å². The first-order chi connectivity index (χ1) is 13.2. The molecule has 0 N–H and O–H groups in total. The molecule has 8 heteroatoms. The third-order valence-electron chi connectivity index (χ3n) is 4.02. The number of aryl methyl sites for hydroxylation is 1. The minimum Gasteiger partial charge on any atom is -0.240 e. The average Bonchev–Trinajstić information content (AvgIpc) is 2.68. The van der Waals surface area contributed by atoms with Crippen LogP contribution < -0.4 is 0 Å². The zero-order valence-corrected chi connectivity index (χ0v) is 16.5. The van der Waals surface area contributed by atoms with E-state index >= 15 is 4.39 Å². The summed E-state index contributed by atoms with van der Waals surface area (Å²) in [7, 11) is -8.49. The molecule has 0 radical (unpaired) electrons. The molecule has 0 bridgehead atoms. The van der Waals surface area contributed by atoms with Gasteiger partial charge in [-0.2, -0.15) is 8.42 Å². The van der Waals surface area contributed by atoms with Gasteiger partial charge < -0.3 is 0 Å². The molecule has 0 spiro atoms. The van der Waals surface area contributed by atoms with Crippen molar-refractivity contribution >= 4 is 19.8 Å². The fraction of sp³-hybridized carbons (Fsp3) is 0.100. The van der Waals surface area contributed by atoms with Crippen molar-refractivity contribution < 1.29 is 21.4 Å². The van der Waals surface area contributed by atoms with E-state index < -0.39 is 31.1 Å². The van der Waals surface area contributed by atoms with Gasteiger partial charge in [0.1, 0.15) is 15.5 Å². The molecule has 0 heterocycles. The van der Waals surface area contributed by atoms with Crippen LogP contribution in [0.3, 0.4) is 0 Å². The summed E-state index contributed by atoms with van der Waals surface area (Å²) in [5, 5.41) is 0. The standard InChI is InChI=1S/C20H17F2NO3S2/c1-15-7-13-19(14-8-15)28(25,26)23-27(24,18-5-3-2-4-6-18)20(22)16-9-11-17(21)12-10-16/h2-14,20H,1H3/t20-,27+/m1/s1. The molecule has 2 atom stereocenters. The van der Waals surface area contributed by atoms with Crippen molar-refractivity contribution in [3.63, 3.8) is 0 Å². The van der Waals surface area contributed by atoms with Crippen LogP contribution in [0.15, 0.2) is 92.4 Å². The number of rotatable bonds is 5. The number of alkyl halides is 1. The first-order valence-corrected chi connectivity index (χ1v) is 11.3. The fourth-order valence-corrected chi connectivity index (χ4v) is 6.46. The van der Waals surface area contributed by atoms with Crippen molar-refractivity contribution in [2.24, 2.45) is 3.77 Å². The molecule has 146 valence electrons. The molecular weight excluding hydrogens is 404 g/mol. The van der Waals surface area contributed by atoms with Gasteiger partial charge in [-0.25, -0.2) is 13.0 Å². The van der Waals surface area contributed by atoms with E-state index in [-0.39, 0.29) is 15.4 Å². The number of hydrogen-bond acceptors (Lipinski definition) is 3. The highest BCUT2D eigenvalue weighted by Gasteiger charge is 2.30. The molecule has 3 aromatic rings. The van der Waals surface area contributed by atoms with E-state index in [9.17, 15) is 17.0 Å². The molecule has 28 heavy (non-hydrogen) atoms. The third-order valence-corrected chi connectivity index (χ3v) is 8.34. The average molecular weight is 421 g/mol. The lowest BCUT2D eigenvalue weighted by Crippen LogP contribution is -2.13. The summed E-state index contributed by atoms with van der Waals surface area (Å²) in [5.74, 6) is -0.591. The van der Waals surface area contributed by atoms with Gasteiger partial charge in [-0.1, -0.05) is 51.8 Å². The second-order valence-corrected chi connectivity index (χ2v) is 10.2. The molecule has 0 saturated heterocycles. The van der Waals surface area contributed by atoms with Crippen LogP contribution in [0.2, 0.25) is 0 Å². The molecule has 0 amide bonds. The van der Waals surface area contributed by atoms with Gasteiger partial charge in [0.15, 0.2) is 0 Å². The van der Waals surface area contributed by atoms with Crippen molar-refractivity contribution in [1.29, 1.82) is 0 Å². The molecule has 0 aromatic heterocycles. The van der Waals surface area contributed by atoms with E-state index in [0.29, 0.717) is 0 Å². The van der Waals surface area contributed by atoms with Crippen LogP contribution in [-0.2, 0) is 19.8 Å². The maximum absolute atomic E-state index is 15.4. The Morgan fingerprint density at radius 3 is 1.93 bits per heavy atom. The van der Waals surface area contributed by atoms with E-state index in [4.69, 9.17) is 0 Å². The predicted molar refractivity (Wildman–Crippen MR) is 104 cm³/mol. The van der Waals surface area contributed by atoms with Gasteiger partial charge >= 0.3 is 0 Å². The van der Waals surface area contributed by atoms with E-state index in [0.717, 1.165) is 29.8 Å². The quantitative estimate of drug-likeness (QED) is 0.581. The Morgan fingerprint density at radius 1 is 0.786 bits per heavy atom. The molecular formula is C20H17F2NO3S2. The molecule has 0 aliphatic carbocycles. The lowest BCUT2D eigenvalue weighted by Gasteiger charge is -2.16. The van der Waals surface area contributed by atoms with Crippen LogP contribution in [0.1, 0.15) is 16.6 Å². The van der Waals surface area contributed by atoms with Crippen molar-refractivity contribution in [3.8, 4) is 0 Å². The third kappa shape index (κ3) is 4.13. The Kier molecular flexibility index (Phi) is 5.62. The van der Waals surface area contributed by atoms with Crippen molar-refractivity contribution in [1.82, 2.24) is 0 Å². The zero-order chi connectivity index (χ0) is 20.4. The number of sulfonamides is 1. The van der Waals surface area contributed by atoms with Gasteiger partial charge in [-0.3, -0.25) is 0 Å².